The third-order valence-corrected chi connectivity index (χ3v) is 5.76. The number of hydrogen-bond donors (Lipinski definition) is 3. The van der Waals surface area contributed by atoms with Crippen molar-refractivity contribution in [1.29, 1.82) is 0 Å². The predicted molar refractivity (Wildman–Crippen MR) is 92.7 cm³/mol. The lowest BCUT2D eigenvalue weighted by Crippen LogP contribution is -2.49. The van der Waals surface area contributed by atoms with Gasteiger partial charge in [0.25, 0.3) is 5.91 Å². The number of fused-ring (bicyclic) bond motifs is 1. The van der Waals surface area contributed by atoms with Gasteiger partial charge < -0.3 is 15.3 Å². The molecule has 7 heteroatoms. The van der Waals surface area contributed by atoms with Crippen LogP contribution in [0.4, 0.5) is 4.79 Å². The van der Waals surface area contributed by atoms with Gasteiger partial charge in [0, 0.05) is 19.5 Å². The fourth-order valence-corrected chi connectivity index (χ4v) is 4.06. The maximum Gasteiger partial charge on any atom is 0.322 e. The Bertz CT molecular complexity index is 787. The summed E-state index contributed by atoms with van der Waals surface area (Å²) in [7, 11) is 0. The lowest BCUT2D eigenvalue weighted by Gasteiger charge is -2.26. The number of nitrogens with zero attached hydrogens (tertiary/aromatic N) is 1. The average Bonchev–Trinajstić information content (AvgIpc) is 3.29. The van der Waals surface area contributed by atoms with E-state index in [0.29, 0.717) is 19.5 Å². The second kappa shape index (κ2) is 6.09. The molecule has 2 unspecified atom stereocenters. The van der Waals surface area contributed by atoms with Crippen molar-refractivity contribution in [3.05, 3.63) is 34.9 Å². The minimum absolute atomic E-state index is 0.0197. The van der Waals surface area contributed by atoms with Crippen LogP contribution in [0.5, 0.6) is 0 Å². The molecule has 1 saturated carbocycles. The smallest absolute Gasteiger partial charge is 0.322 e. The molecular formula is C19H23N3O4. The van der Waals surface area contributed by atoms with Crippen molar-refractivity contribution in [2.75, 3.05) is 0 Å². The number of nitrogens with one attached hydrogen (secondary N) is 2. The summed E-state index contributed by atoms with van der Waals surface area (Å²) in [5, 5.41) is 14.8. The van der Waals surface area contributed by atoms with Crippen molar-refractivity contribution in [1.82, 2.24) is 15.5 Å². The number of aliphatic hydroxyl groups is 1. The molecule has 1 saturated heterocycles. The van der Waals surface area contributed by atoms with Crippen LogP contribution in [0.1, 0.15) is 55.4 Å². The van der Waals surface area contributed by atoms with E-state index in [1.54, 1.807) is 11.8 Å². The molecule has 2 heterocycles. The number of amides is 4. The Hall–Kier alpha value is -2.41. The lowest BCUT2D eigenvalue weighted by atomic mass is 9.88. The van der Waals surface area contributed by atoms with Crippen LogP contribution in [-0.2, 0) is 22.7 Å². The molecule has 1 aromatic rings. The van der Waals surface area contributed by atoms with Crippen LogP contribution < -0.4 is 10.6 Å². The fourth-order valence-electron chi connectivity index (χ4n) is 4.06. The van der Waals surface area contributed by atoms with E-state index in [-0.39, 0.29) is 24.2 Å². The standard InChI is InChI=1S/C19H23N3O4/c1-11(23)12-2-3-13-9-22(10-14(13)8-12)16(24)6-7-19(15-4-5-15)17(25)20-18(26)21-19/h2-3,8,11,15,23H,4-7,9-10H2,1H3,(H2,20,21,25,26). The molecule has 0 spiro atoms. The van der Waals surface area contributed by atoms with Crippen molar-refractivity contribution in [2.45, 2.75) is 57.3 Å². The first-order valence-electron chi connectivity index (χ1n) is 9.10. The molecule has 2 atom stereocenters. The minimum atomic E-state index is -0.918. The summed E-state index contributed by atoms with van der Waals surface area (Å²) < 4.78 is 0. The molecule has 4 amide bonds. The van der Waals surface area contributed by atoms with Gasteiger partial charge in [0.15, 0.2) is 0 Å². The number of aliphatic hydroxyl groups excluding tert-OH is 1. The molecule has 4 rings (SSSR count). The van der Waals surface area contributed by atoms with Crippen LogP contribution in [-0.4, -0.2) is 33.4 Å². The first-order chi connectivity index (χ1) is 12.4. The van der Waals surface area contributed by atoms with Gasteiger partial charge in [0.2, 0.25) is 5.91 Å². The van der Waals surface area contributed by atoms with Crippen molar-refractivity contribution < 1.29 is 19.5 Å². The Balaban J connectivity index is 1.41. The molecule has 1 aromatic carbocycles. The zero-order valence-corrected chi connectivity index (χ0v) is 14.7. The highest BCUT2D eigenvalue weighted by atomic mass is 16.3. The van der Waals surface area contributed by atoms with Gasteiger partial charge in [-0.1, -0.05) is 18.2 Å². The number of rotatable bonds is 5. The average molecular weight is 357 g/mol. The number of hydrogen-bond acceptors (Lipinski definition) is 4. The van der Waals surface area contributed by atoms with Crippen LogP contribution in [0.15, 0.2) is 18.2 Å². The fraction of sp³-hybridized carbons (Fsp3) is 0.526. The van der Waals surface area contributed by atoms with Crippen molar-refractivity contribution >= 4 is 17.8 Å². The third-order valence-electron chi connectivity index (χ3n) is 5.76. The Kier molecular flexibility index (Phi) is 3.99. The van der Waals surface area contributed by atoms with E-state index in [0.717, 1.165) is 29.5 Å². The number of carbonyl (C=O) groups excluding carboxylic acids is 3. The molecule has 138 valence electrons. The largest absolute Gasteiger partial charge is 0.389 e. The van der Waals surface area contributed by atoms with Gasteiger partial charge >= 0.3 is 6.03 Å². The summed E-state index contributed by atoms with van der Waals surface area (Å²) in [6, 6.07) is 5.33. The zero-order valence-electron chi connectivity index (χ0n) is 14.7. The second-order valence-corrected chi connectivity index (χ2v) is 7.61. The normalized spacial score (nSPS) is 25.7. The number of carbonyl (C=O) groups is 3. The summed E-state index contributed by atoms with van der Waals surface area (Å²) >= 11 is 0. The molecule has 0 radical (unpaired) electrons. The Morgan fingerprint density at radius 1 is 1.31 bits per heavy atom. The van der Waals surface area contributed by atoms with E-state index in [9.17, 15) is 19.5 Å². The van der Waals surface area contributed by atoms with Crippen LogP contribution in [0.2, 0.25) is 0 Å². The monoisotopic (exact) mass is 357 g/mol. The summed E-state index contributed by atoms with van der Waals surface area (Å²) in [5.41, 5.74) is 2.07. The number of benzene rings is 1. The highest BCUT2D eigenvalue weighted by Gasteiger charge is 2.55. The number of imide groups is 1. The van der Waals surface area contributed by atoms with Crippen molar-refractivity contribution in [3.63, 3.8) is 0 Å². The number of urea groups is 1. The highest BCUT2D eigenvalue weighted by Crippen LogP contribution is 2.44. The van der Waals surface area contributed by atoms with Gasteiger partial charge in [-0.3, -0.25) is 14.9 Å². The Morgan fingerprint density at radius 2 is 2.04 bits per heavy atom. The van der Waals surface area contributed by atoms with E-state index in [4.69, 9.17) is 0 Å². The quantitative estimate of drug-likeness (QED) is 0.693. The van der Waals surface area contributed by atoms with Crippen LogP contribution in [0.25, 0.3) is 0 Å². The molecule has 3 N–H and O–H groups in total. The SMILES string of the molecule is CC(O)c1ccc2c(c1)CN(C(=O)CCC1(C3CC3)NC(=O)NC1=O)C2. The Labute approximate surface area is 151 Å². The molecule has 0 aromatic heterocycles. The molecule has 2 aliphatic heterocycles. The molecule has 7 nitrogen and oxygen atoms in total. The maximum absolute atomic E-state index is 12.7. The van der Waals surface area contributed by atoms with Gasteiger partial charge in [-0.05, 0) is 48.8 Å². The Morgan fingerprint density at radius 3 is 2.65 bits per heavy atom. The van der Waals surface area contributed by atoms with Crippen molar-refractivity contribution in [3.8, 4) is 0 Å². The van der Waals surface area contributed by atoms with Gasteiger partial charge in [0.1, 0.15) is 5.54 Å². The lowest BCUT2D eigenvalue weighted by molar-refractivity contribution is -0.133. The maximum atomic E-state index is 12.7. The van der Waals surface area contributed by atoms with E-state index >= 15 is 0 Å². The summed E-state index contributed by atoms with van der Waals surface area (Å²) in [6.45, 7) is 2.78. The van der Waals surface area contributed by atoms with Crippen LogP contribution in [0, 0.1) is 5.92 Å². The molecule has 26 heavy (non-hydrogen) atoms. The molecule has 2 fully saturated rings. The van der Waals surface area contributed by atoms with Gasteiger partial charge in [-0.2, -0.15) is 0 Å². The third kappa shape index (κ3) is 2.86. The van der Waals surface area contributed by atoms with Crippen LogP contribution >= 0.6 is 0 Å². The minimum Gasteiger partial charge on any atom is -0.389 e. The summed E-state index contributed by atoms with van der Waals surface area (Å²) in [4.78, 5) is 38.3. The molecule has 0 bridgehead atoms. The summed E-state index contributed by atoms with van der Waals surface area (Å²) in [6.07, 6.45) is 1.83. The molecule has 3 aliphatic rings. The van der Waals surface area contributed by atoms with Crippen LogP contribution in [0.3, 0.4) is 0 Å². The van der Waals surface area contributed by atoms with E-state index in [1.807, 2.05) is 18.2 Å². The van der Waals surface area contributed by atoms with E-state index in [1.165, 1.54) is 0 Å². The second-order valence-electron chi connectivity index (χ2n) is 7.61. The van der Waals surface area contributed by atoms with E-state index in [2.05, 4.69) is 10.6 Å². The first kappa shape index (κ1) is 17.0. The summed E-state index contributed by atoms with van der Waals surface area (Å²) in [5.74, 6) is -0.191. The highest BCUT2D eigenvalue weighted by molar-refractivity contribution is 6.07. The van der Waals surface area contributed by atoms with Gasteiger partial charge in [0.05, 0.1) is 6.10 Å². The zero-order chi connectivity index (χ0) is 18.5. The topological polar surface area (TPSA) is 98.7 Å². The molecular weight excluding hydrogens is 334 g/mol. The molecule has 1 aliphatic carbocycles. The van der Waals surface area contributed by atoms with Crippen molar-refractivity contribution in [2.24, 2.45) is 5.92 Å². The van der Waals surface area contributed by atoms with Gasteiger partial charge in [-0.15, -0.1) is 0 Å². The predicted octanol–water partition coefficient (Wildman–Crippen LogP) is 1.35. The van der Waals surface area contributed by atoms with E-state index < -0.39 is 17.7 Å². The van der Waals surface area contributed by atoms with Gasteiger partial charge in [-0.25, -0.2) is 4.79 Å². The first-order valence-corrected chi connectivity index (χ1v) is 9.10.